The molecule has 1 heterocycles. The van der Waals surface area contributed by atoms with Crippen molar-refractivity contribution in [1.29, 1.82) is 0 Å². The summed E-state index contributed by atoms with van der Waals surface area (Å²) < 4.78 is 4.35. The van der Waals surface area contributed by atoms with Gasteiger partial charge in [0.1, 0.15) is 0 Å². The third-order valence-electron chi connectivity index (χ3n) is 1.97. The van der Waals surface area contributed by atoms with E-state index in [0.717, 1.165) is 19.5 Å². The highest BCUT2D eigenvalue weighted by Gasteiger charge is 2.15. The van der Waals surface area contributed by atoms with Gasteiger partial charge in [-0.2, -0.15) is 0 Å². The number of rotatable bonds is 1. The maximum Gasteiger partial charge on any atom is 0.416 e. The summed E-state index contributed by atoms with van der Waals surface area (Å²) in [5.74, 6) is -0.178. The highest BCUT2D eigenvalue weighted by atomic mass is 31.0. The second-order valence-electron chi connectivity index (χ2n) is 3.34. The Kier molecular flexibility index (Phi) is 5.14. The van der Waals surface area contributed by atoms with Gasteiger partial charge in [-0.15, -0.1) is 0 Å². The zero-order valence-corrected chi connectivity index (χ0v) is 10.1. The summed E-state index contributed by atoms with van der Waals surface area (Å²) >= 11 is 0. The molecule has 1 saturated heterocycles. The Morgan fingerprint density at radius 3 is 2.75 bits per heavy atom. The molecule has 0 saturated carbocycles. The molecule has 0 aromatic heterocycles. The van der Waals surface area contributed by atoms with Crippen LogP contribution in [0.5, 0.6) is 0 Å². The van der Waals surface area contributed by atoms with Gasteiger partial charge in [0.25, 0.3) is 0 Å². The fourth-order valence-electron chi connectivity index (χ4n) is 1.32. The summed E-state index contributed by atoms with van der Waals surface area (Å²) in [6.07, 6.45) is 0.184. The molecule has 1 unspecified atom stereocenters. The quantitative estimate of drug-likeness (QED) is 0.326. The van der Waals surface area contributed by atoms with Crippen molar-refractivity contribution in [3.63, 3.8) is 0 Å². The van der Waals surface area contributed by atoms with Gasteiger partial charge in [0.2, 0.25) is 11.9 Å². The molecule has 0 spiro atoms. The molecule has 1 aliphatic rings. The molecular formula is C8H15N4O3P. The average Bonchev–Trinajstić information content (AvgIpc) is 2.69. The minimum Gasteiger partial charge on any atom is -0.435 e. The Morgan fingerprint density at radius 1 is 1.50 bits per heavy atom. The molecular weight excluding hydrogens is 231 g/mol. The van der Waals surface area contributed by atoms with Crippen LogP contribution in [0, 0.1) is 0 Å². The fraction of sp³-hybridized carbons (Fsp3) is 0.625. The van der Waals surface area contributed by atoms with Gasteiger partial charge >= 0.3 is 6.09 Å². The van der Waals surface area contributed by atoms with Gasteiger partial charge in [0, 0.05) is 13.5 Å². The van der Waals surface area contributed by atoms with E-state index in [-0.39, 0.29) is 17.9 Å². The van der Waals surface area contributed by atoms with Gasteiger partial charge in [-0.1, -0.05) is 0 Å². The van der Waals surface area contributed by atoms with Crippen molar-refractivity contribution in [2.75, 3.05) is 13.1 Å². The Morgan fingerprint density at radius 2 is 2.25 bits per heavy atom. The molecule has 2 atom stereocenters. The number of carbonyl (C=O) groups is 2. The SMILES string of the molecule is CC(=O)NC(=N[C@H]1CCNC1)NC(=O)OP. The van der Waals surface area contributed by atoms with E-state index in [0.29, 0.717) is 0 Å². The van der Waals surface area contributed by atoms with Gasteiger partial charge in [0.05, 0.1) is 15.5 Å². The van der Waals surface area contributed by atoms with E-state index in [4.69, 9.17) is 0 Å². The Balaban J connectivity index is 2.60. The second kappa shape index (κ2) is 6.40. The number of nitrogens with zero attached hydrogens (tertiary/aromatic N) is 1. The lowest BCUT2D eigenvalue weighted by Crippen LogP contribution is -2.43. The predicted molar refractivity (Wildman–Crippen MR) is 61.9 cm³/mol. The molecule has 0 bridgehead atoms. The molecule has 16 heavy (non-hydrogen) atoms. The minimum absolute atomic E-state index is 0.0617. The smallest absolute Gasteiger partial charge is 0.416 e. The molecule has 1 fully saturated rings. The standard InChI is InChI=1S/C8H15N4O3P/c1-5(13)10-7(12-8(14)15-16)11-6-2-3-9-4-6/h6,9H,2-4,16H2,1H3,(H2,10,11,12,13,14)/t6-/m0/s1. The van der Waals surface area contributed by atoms with Crippen molar-refractivity contribution in [3.8, 4) is 0 Å². The Labute approximate surface area is 95.7 Å². The normalized spacial score (nSPS) is 20.4. The van der Waals surface area contributed by atoms with Crippen molar-refractivity contribution < 1.29 is 14.1 Å². The second-order valence-corrected chi connectivity index (χ2v) is 3.57. The van der Waals surface area contributed by atoms with E-state index in [1.165, 1.54) is 6.92 Å². The maximum atomic E-state index is 11.0. The van der Waals surface area contributed by atoms with Crippen LogP contribution < -0.4 is 16.0 Å². The van der Waals surface area contributed by atoms with E-state index in [9.17, 15) is 9.59 Å². The third kappa shape index (κ3) is 4.55. The van der Waals surface area contributed by atoms with E-state index >= 15 is 0 Å². The average molecular weight is 246 g/mol. The van der Waals surface area contributed by atoms with Crippen LogP contribution >= 0.6 is 9.47 Å². The van der Waals surface area contributed by atoms with Crippen molar-refractivity contribution in [1.82, 2.24) is 16.0 Å². The van der Waals surface area contributed by atoms with Crippen molar-refractivity contribution in [3.05, 3.63) is 0 Å². The van der Waals surface area contributed by atoms with Crippen LogP contribution in [0.25, 0.3) is 0 Å². The van der Waals surface area contributed by atoms with Crippen molar-refractivity contribution in [2.45, 2.75) is 19.4 Å². The minimum atomic E-state index is -0.691. The number of hydrogen-bond donors (Lipinski definition) is 3. The first-order valence-corrected chi connectivity index (χ1v) is 5.32. The summed E-state index contributed by atoms with van der Waals surface area (Å²) in [6.45, 7) is 2.96. The first kappa shape index (κ1) is 12.9. The van der Waals surface area contributed by atoms with Crippen molar-refractivity contribution >= 4 is 27.4 Å². The van der Waals surface area contributed by atoms with E-state index in [1.54, 1.807) is 0 Å². The van der Waals surface area contributed by atoms with Crippen LogP contribution in [0.15, 0.2) is 4.99 Å². The largest absolute Gasteiger partial charge is 0.435 e. The summed E-state index contributed by atoms with van der Waals surface area (Å²) in [7, 11) is 1.82. The summed E-state index contributed by atoms with van der Waals surface area (Å²) in [5.41, 5.74) is 0. The highest BCUT2D eigenvalue weighted by molar-refractivity contribution is 7.10. The topological polar surface area (TPSA) is 91.8 Å². The summed E-state index contributed by atoms with van der Waals surface area (Å²) in [5, 5.41) is 7.90. The molecule has 2 amide bonds. The van der Waals surface area contributed by atoms with Crippen LogP contribution in [0.1, 0.15) is 13.3 Å². The molecule has 1 rings (SSSR count). The molecule has 0 aliphatic carbocycles. The maximum absolute atomic E-state index is 11.0. The Bertz CT molecular complexity index is 302. The number of guanidine groups is 1. The zero-order chi connectivity index (χ0) is 12.0. The monoisotopic (exact) mass is 246 g/mol. The molecule has 0 aromatic carbocycles. The van der Waals surface area contributed by atoms with E-state index in [1.807, 2.05) is 9.47 Å². The number of hydrogen-bond acceptors (Lipinski definition) is 5. The lowest BCUT2D eigenvalue weighted by Gasteiger charge is -2.10. The van der Waals surface area contributed by atoms with Crippen LogP contribution in [-0.2, 0) is 9.32 Å². The third-order valence-corrected chi connectivity index (χ3v) is 2.18. The molecule has 8 heteroatoms. The van der Waals surface area contributed by atoms with Gasteiger partial charge in [0.15, 0.2) is 0 Å². The van der Waals surface area contributed by atoms with Crippen LogP contribution in [0.4, 0.5) is 4.79 Å². The molecule has 1 aliphatic heterocycles. The first-order valence-electron chi connectivity index (χ1n) is 4.85. The Hall–Kier alpha value is -1.20. The van der Waals surface area contributed by atoms with Gasteiger partial charge in [-0.05, 0) is 13.0 Å². The number of nitrogens with one attached hydrogen (secondary N) is 3. The van der Waals surface area contributed by atoms with Crippen molar-refractivity contribution in [2.24, 2.45) is 4.99 Å². The van der Waals surface area contributed by atoms with E-state index < -0.39 is 6.09 Å². The highest BCUT2D eigenvalue weighted by Crippen LogP contribution is 2.02. The number of aliphatic imine (C=N–C) groups is 1. The molecule has 7 nitrogen and oxygen atoms in total. The molecule has 3 N–H and O–H groups in total. The molecule has 0 radical (unpaired) electrons. The van der Waals surface area contributed by atoms with Gasteiger partial charge < -0.3 is 9.84 Å². The lowest BCUT2D eigenvalue weighted by molar-refractivity contribution is -0.117. The molecule has 90 valence electrons. The summed E-state index contributed by atoms with van der Waals surface area (Å²) in [6, 6.07) is 0.0617. The van der Waals surface area contributed by atoms with Crippen LogP contribution in [0.3, 0.4) is 0 Å². The van der Waals surface area contributed by atoms with E-state index in [2.05, 4.69) is 25.5 Å². The number of carbonyl (C=O) groups excluding carboxylic acids is 2. The van der Waals surface area contributed by atoms with Crippen LogP contribution in [0.2, 0.25) is 0 Å². The summed E-state index contributed by atoms with van der Waals surface area (Å²) in [4.78, 5) is 26.1. The zero-order valence-electron chi connectivity index (χ0n) is 8.95. The lowest BCUT2D eigenvalue weighted by atomic mass is 10.3. The first-order chi connectivity index (χ1) is 7.61. The predicted octanol–water partition coefficient (Wildman–Crippen LogP) is -0.643. The fourth-order valence-corrected chi connectivity index (χ4v) is 1.38. The van der Waals surface area contributed by atoms with Crippen LogP contribution in [-0.4, -0.2) is 37.1 Å². The number of amides is 2. The van der Waals surface area contributed by atoms with Gasteiger partial charge in [-0.3, -0.25) is 15.4 Å². The molecule has 0 aromatic rings. The van der Waals surface area contributed by atoms with Gasteiger partial charge in [-0.25, -0.2) is 9.79 Å².